The molecular weight excluding hydrogens is 309 g/mol. The predicted molar refractivity (Wildman–Crippen MR) is 89.5 cm³/mol. The quantitative estimate of drug-likeness (QED) is 0.791. The molecule has 0 unspecified atom stereocenters. The lowest BCUT2D eigenvalue weighted by molar-refractivity contribution is -0.0182. The van der Waals surface area contributed by atoms with Crippen LogP contribution in [-0.4, -0.2) is 43.3 Å². The molecule has 0 aliphatic carbocycles. The zero-order valence-electron chi connectivity index (χ0n) is 14.5. The number of halogens is 1. The third kappa shape index (κ3) is 3.62. The van der Waals surface area contributed by atoms with Crippen LogP contribution in [0.15, 0.2) is 12.1 Å². The van der Waals surface area contributed by atoms with Crippen LogP contribution < -0.4 is 0 Å². The van der Waals surface area contributed by atoms with Crippen molar-refractivity contribution in [2.75, 3.05) is 20.3 Å². The third-order valence-corrected chi connectivity index (χ3v) is 5.22. The highest BCUT2D eigenvalue weighted by Gasteiger charge is 2.30. The molecule has 1 saturated heterocycles. The van der Waals surface area contributed by atoms with Gasteiger partial charge in [-0.25, -0.2) is 9.18 Å². The van der Waals surface area contributed by atoms with Gasteiger partial charge >= 0.3 is 5.97 Å². The molecule has 0 aromatic heterocycles. The van der Waals surface area contributed by atoms with E-state index in [0.717, 1.165) is 43.5 Å². The number of nitrogens with zero attached hydrogens (tertiary/aromatic N) is 1. The first kappa shape index (κ1) is 17.4. The number of carbonyl (C=O) groups excluding carboxylic acids is 1. The van der Waals surface area contributed by atoms with Crippen molar-refractivity contribution in [1.82, 2.24) is 4.90 Å². The number of ether oxygens (including phenoxy) is 2. The molecule has 4 nitrogen and oxygen atoms in total. The molecule has 2 aliphatic heterocycles. The first-order valence-corrected chi connectivity index (χ1v) is 8.87. The highest BCUT2D eigenvalue weighted by Crippen LogP contribution is 2.29. The van der Waals surface area contributed by atoms with E-state index in [1.807, 2.05) is 0 Å². The fourth-order valence-electron chi connectivity index (χ4n) is 3.84. The van der Waals surface area contributed by atoms with Crippen LogP contribution in [0.1, 0.15) is 54.1 Å². The van der Waals surface area contributed by atoms with Gasteiger partial charge in [0.1, 0.15) is 5.82 Å². The highest BCUT2D eigenvalue weighted by atomic mass is 19.1. The molecular formula is C19H26FNO3. The molecule has 2 atom stereocenters. The number of benzene rings is 1. The Hall–Kier alpha value is -1.46. The second kappa shape index (κ2) is 7.62. The lowest BCUT2D eigenvalue weighted by Gasteiger charge is -2.39. The van der Waals surface area contributed by atoms with Gasteiger partial charge in [0.05, 0.1) is 18.8 Å². The Balaban J connectivity index is 1.82. The van der Waals surface area contributed by atoms with Crippen molar-refractivity contribution in [3.05, 3.63) is 34.6 Å². The molecule has 0 N–H and O–H groups in total. The van der Waals surface area contributed by atoms with E-state index in [9.17, 15) is 9.18 Å². The first-order valence-electron chi connectivity index (χ1n) is 8.87. The van der Waals surface area contributed by atoms with E-state index in [4.69, 9.17) is 9.47 Å². The normalized spacial score (nSPS) is 24.5. The summed E-state index contributed by atoms with van der Waals surface area (Å²) >= 11 is 0. The van der Waals surface area contributed by atoms with E-state index in [-0.39, 0.29) is 17.5 Å². The Labute approximate surface area is 142 Å². The van der Waals surface area contributed by atoms with Gasteiger partial charge in [0.25, 0.3) is 0 Å². The third-order valence-electron chi connectivity index (χ3n) is 5.22. The van der Waals surface area contributed by atoms with E-state index < -0.39 is 5.97 Å². The topological polar surface area (TPSA) is 38.8 Å². The molecule has 0 spiro atoms. The Bertz CT molecular complexity index is 599. The minimum atomic E-state index is -0.489. The Morgan fingerprint density at radius 3 is 2.92 bits per heavy atom. The van der Waals surface area contributed by atoms with Gasteiger partial charge in [0, 0.05) is 25.7 Å². The maximum absolute atomic E-state index is 14.5. The van der Waals surface area contributed by atoms with Crippen molar-refractivity contribution >= 4 is 5.97 Å². The molecule has 0 amide bonds. The summed E-state index contributed by atoms with van der Waals surface area (Å²) in [6, 6.07) is 3.41. The zero-order chi connectivity index (χ0) is 17.1. The Morgan fingerprint density at radius 2 is 2.25 bits per heavy atom. The summed E-state index contributed by atoms with van der Waals surface area (Å²) in [5.41, 5.74) is 1.93. The summed E-state index contributed by atoms with van der Waals surface area (Å²) in [5, 5.41) is 0. The minimum Gasteiger partial charge on any atom is -0.465 e. The number of rotatable bonds is 4. The van der Waals surface area contributed by atoms with Crippen LogP contribution in [0, 0.1) is 5.82 Å². The number of fused-ring (bicyclic) bond motifs is 1. The average molecular weight is 335 g/mol. The molecule has 0 bridgehead atoms. The van der Waals surface area contributed by atoms with Crippen molar-refractivity contribution in [3.63, 3.8) is 0 Å². The molecule has 1 aromatic rings. The average Bonchev–Trinajstić information content (AvgIpc) is 2.61. The van der Waals surface area contributed by atoms with Gasteiger partial charge in [0.2, 0.25) is 0 Å². The molecule has 24 heavy (non-hydrogen) atoms. The highest BCUT2D eigenvalue weighted by molar-refractivity contribution is 5.89. The van der Waals surface area contributed by atoms with Gasteiger partial charge < -0.3 is 9.47 Å². The smallest absolute Gasteiger partial charge is 0.337 e. The van der Waals surface area contributed by atoms with Crippen molar-refractivity contribution in [1.29, 1.82) is 0 Å². The van der Waals surface area contributed by atoms with E-state index in [1.54, 1.807) is 6.07 Å². The molecule has 132 valence electrons. The molecule has 2 heterocycles. The molecule has 1 fully saturated rings. The maximum atomic E-state index is 14.5. The SMILES string of the molecule is CC[C@H]1Cc2c(F)cc(C(=O)OC)cc2CN1C[C@H]1CCCCO1. The number of hydrogen-bond acceptors (Lipinski definition) is 4. The lowest BCUT2D eigenvalue weighted by Crippen LogP contribution is -2.45. The monoisotopic (exact) mass is 335 g/mol. The summed E-state index contributed by atoms with van der Waals surface area (Å²) < 4.78 is 25.1. The number of esters is 1. The lowest BCUT2D eigenvalue weighted by atomic mass is 9.90. The Morgan fingerprint density at radius 1 is 1.42 bits per heavy atom. The van der Waals surface area contributed by atoms with Crippen molar-refractivity contribution in [3.8, 4) is 0 Å². The van der Waals surface area contributed by atoms with E-state index >= 15 is 0 Å². The van der Waals surface area contributed by atoms with Crippen LogP contribution in [-0.2, 0) is 22.4 Å². The van der Waals surface area contributed by atoms with Crippen molar-refractivity contribution < 1.29 is 18.7 Å². The largest absolute Gasteiger partial charge is 0.465 e. The fraction of sp³-hybridized carbons (Fsp3) is 0.632. The van der Waals surface area contributed by atoms with Gasteiger partial charge in [-0.3, -0.25) is 4.90 Å². The van der Waals surface area contributed by atoms with Crippen LogP contribution in [0.5, 0.6) is 0 Å². The summed E-state index contributed by atoms with van der Waals surface area (Å²) in [4.78, 5) is 14.1. The van der Waals surface area contributed by atoms with Crippen molar-refractivity contribution in [2.24, 2.45) is 0 Å². The fourth-order valence-corrected chi connectivity index (χ4v) is 3.84. The van der Waals surface area contributed by atoms with Crippen LogP contribution in [0.2, 0.25) is 0 Å². The summed E-state index contributed by atoms with van der Waals surface area (Å²) in [6.07, 6.45) is 5.38. The number of methoxy groups -OCH3 is 1. The maximum Gasteiger partial charge on any atom is 0.337 e. The first-order chi connectivity index (χ1) is 11.6. The van der Waals surface area contributed by atoms with E-state index in [2.05, 4.69) is 11.8 Å². The summed E-state index contributed by atoms with van der Waals surface area (Å²) in [5.74, 6) is -0.781. The zero-order valence-corrected chi connectivity index (χ0v) is 14.5. The molecule has 3 rings (SSSR count). The van der Waals surface area contributed by atoms with Crippen LogP contribution in [0.4, 0.5) is 4.39 Å². The van der Waals surface area contributed by atoms with E-state index in [0.29, 0.717) is 19.0 Å². The minimum absolute atomic E-state index is 0.267. The number of hydrogen-bond donors (Lipinski definition) is 0. The summed E-state index contributed by atoms with van der Waals surface area (Å²) in [7, 11) is 1.32. The molecule has 0 radical (unpaired) electrons. The van der Waals surface area contributed by atoms with Gasteiger partial charge in [-0.15, -0.1) is 0 Å². The standard InChI is InChI=1S/C19H26FNO3/c1-3-15-10-17-14(8-13(9-18(17)20)19(22)23-2)11-21(15)12-16-6-4-5-7-24-16/h8-9,15-16H,3-7,10-12H2,1-2H3/t15-,16+/m0/s1. The van der Waals surface area contributed by atoms with E-state index in [1.165, 1.54) is 19.6 Å². The number of carbonyl (C=O) groups is 1. The van der Waals surface area contributed by atoms with Crippen LogP contribution >= 0.6 is 0 Å². The van der Waals surface area contributed by atoms with Crippen LogP contribution in [0.3, 0.4) is 0 Å². The van der Waals surface area contributed by atoms with Crippen molar-refractivity contribution in [2.45, 2.75) is 57.7 Å². The van der Waals surface area contributed by atoms with Gasteiger partial charge in [-0.1, -0.05) is 6.92 Å². The second-order valence-electron chi connectivity index (χ2n) is 6.77. The second-order valence-corrected chi connectivity index (χ2v) is 6.77. The van der Waals surface area contributed by atoms with Gasteiger partial charge in [-0.2, -0.15) is 0 Å². The summed E-state index contributed by atoms with van der Waals surface area (Å²) in [6.45, 7) is 4.52. The van der Waals surface area contributed by atoms with Crippen LogP contribution in [0.25, 0.3) is 0 Å². The predicted octanol–water partition coefficient (Wildman–Crippen LogP) is 3.32. The van der Waals surface area contributed by atoms with Gasteiger partial charge in [0.15, 0.2) is 0 Å². The molecule has 2 aliphatic rings. The Kier molecular flexibility index (Phi) is 5.51. The van der Waals surface area contributed by atoms with Gasteiger partial charge in [-0.05, 0) is 55.4 Å². The molecule has 0 saturated carbocycles. The molecule has 1 aromatic carbocycles. The molecule has 5 heteroatoms.